The highest BCUT2D eigenvalue weighted by molar-refractivity contribution is 6.02. The van der Waals surface area contributed by atoms with Crippen LogP contribution in [0.2, 0.25) is 0 Å². The maximum absolute atomic E-state index is 12.0. The highest BCUT2D eigenvalue weighted by Crippen LogP contribution is 2.15. The summed E-state index contributed by atoms with van der Waals surface area (Å²) in [6, 6.07) is 0. The van der Waals surface area contributed by atoms with Crippen LogP contribution in [0.3, 0.4) is 0 Å². The van der Waals surface area contributed by atoms with Crippen LogP contribution in [0, 0.1) is 20.8 Å². The normalized spacial score (nSPS) is 10.6. The minimum absolute atomic E-state index is 0.230. The fraction of sp³-hybridized carbons (Fsp3) is 0.200. The molecule has 0 atom stereocenters. The van der Waals surface area contributed by atoms with Gasteiger partial charge in [-0.15, -0.1) is 0 Å². The summed E-state index contributed by atoms with van der Waals surface area (Å²) in [5.41, 5.74) is 2.63. The van der Waals surface area contributed by atoms with Crippen LogP contribution in [-0.2, 0) is 0 Å². The molecule has 0 radical (unpaired) electrons. The highest BCUT2D eigenvalue weighted by atomic mass is 16.1. The predicted octanol–water partition coefficient (Wildman–Crippen LogP) is 1.63. The number of aromatic nitrogens is 6. The lowest BCUT2D eigenvalue weighted by Gasteiger charge is -2.07. The van der Waals surface area contributed by atoms with E-state index >= 15 is 0 Å². The molecule has 0 aliphatic heterocycles. The van der Waals surface area contributed by atoms with Crippen molar-refractivity contribution in [2.24, 2.45) is 0 Å². The molecule has 3 aromatic heterocycles. The zero-order valence-electron chi connectivity index (χ0n) is 13.0. The van der Waals surface area contributed by atoms with E-state index in [2.05, 4.69) is 30.2 Å². The second-order valence-corrected chi connectivity index (χ2v) is 4.98. The zero-order valence-corrected chi connectivity index (χ0v) is 13.0. The van der Waals surface area contributed by atoms with E-state index < -0.39 is 0 Å². The third-order valence-electron chi connectivity index (χ3n) is 3.40. The van der Waals surface area contributed by atoms with E-state index in [1.165, 1.54) is 18.6 Å². The molecular weight excluding hydrogens is 294 g/mol. The van der Waals surface area contributed by atoms with Crippen molar-refractivity contribution in [3.8, 4) is 5.95 Å². The number of aryl methyl sites for hydroxylation is 2. The van der Waals surface area contributed by atoms with Gasteiger partial charge in [0.2, 0.25) is 5.95 Å². The summed E-state index contributed by atoms with van der Waals surface area (Å²) in [6.07, 6.45) is 7.45. The third kappa shape index (κ3) is 2.91. The number of nitrogens with one attached hydrogen (secondary N) is 1. The molecule has 0 fully saturated rings. The van der Waals surface area contributed by atoms with Gasteiger partial charge in [-0.25, -0.2) is 19.9 Å². The molecule has 0 aliphatic carbocycles. The number of amides is 1. The van der Waals surface area contributed by atoms with Crippen LogP contribution >= 0.6 is 0 Å². The number of nitrogens with zero attached hydrogens (tertiary/aromatic N) is 6. The lowest BCUT2D eigenvalue weighted by Crippen LogP contribution is -2.14. The minimum Gasteiger partial charge on any atom is -0.318 e. The third-order valence-corrected chi connectivity index (χ3v) is 3.40. The molecule has 8 heteroatoms. The van der Waals surface area contributed by atoms with Crippen molar-refractivity contribution in [1.82, 2.24) is 29.5 Å². The molecule has 3 rings (SSSR count). The van der Waals surface area contributed by atoms with Crippen LogP contribution < -0.4 is 5.32 Å². The molecule has 8 nitrogen and oxygen atoms in total. The van der Waals surface area contributed by atoms with Gasteiger partial charge < -0.3 is 5.32 Å². The maximum Gasteiger partial charge on any atom is 0.275 e. The summed E-state index contributed by atoms with van der Waals surface area (Å²) in [5, 5.41) is 2.68. The number of hydrogen-bond acceptors (Lipinski definition) is 6. The van der Waals surface area contributed by atoms with Crippen molar-refractivity contribution in [2.75, 3.05) is 5.32 Å². The van der Waals surface area contributed by atoms with Gasteiger partial charge in [0.1, 0.15) is 11.5 Å². The van der Waals surface area contributed by atoms with Crippen molar-refractivity contribution >= 4 is 11.6 Å². The first kappa shape index (κ1) is 14.8. The monoisotopic (exact) mass is 309 g/mol. The van der Waals surface area contributed by atoms with E-state index in [1.54, 1.807) is 12.4 Å². The molecule has 0 aromatic carbocycles. The maximum atomic E-state index is 12.0. The Morgan fingerprint density at radius 1 is 1.04 bits per heavy atom. The van der Waals surface area contributed by atoms with Crippen LogP contribution in [0.5, 0.6) is 0 Å². The molecule has 3 aromatic rings. The summed E-state index contributed by atoms with van der Waals surface area (Å²) < 4.78 is 1.86. The Labute approximate surface area is 132 Å². The summed E-state index contributed by atoms with van der Waals surface area (Å²) in [7, 11) is 0. The molecular formula is C15H15N7O. The van der Waals surface area contributed by atoms with Gasteiger partial charge >= 0.3 is 0 Å². The van der Waals surface area contributed by atoms with E-state index in [0.29, 0.717) is 11.6 Å². The van der Waals surface area contributed by atoms with E-state index in [1.807, 2.05) is 25.3 Å². The second-order valence-electron chi connectivity index (χ2n) is 4.98. The minimum atomic E-state index is -0.361. The Kier molecular flexibility index (Phi) is 3.80. The van der Waals surface area contributed by atoms with Gasteiger partial charge in [-0.1, -0.05) is 0 Å². The Balaban J connectivity index is 1.81. The van der Waals surface area contributed by atoms with Gasteiger partial charge in [0, 0.05) is 18.1 Å². The van der Waals surface area contributed by atoms with Crippen molar-refractivity contribution in [1.29, 1.82) is 0 Å². The molecule has 0 unspecified atom stereocenters. The number of carbonyl (C=O) groups excluding carboxylic acids is 1. The van der Waals surface area contributed by atoms with Crippen molar-refractivity contribution in [2.45, 2.75) is 20.8 Å². The molecule has 0 aliphatic rings. The number of rotatable bonds is 3. The number of carbonyl (C=O) groups is 1. The molecule has 0 saturated carbocycles. The Morgan fingerprint density at radius 3 is 2.35 bits per heavy atom. The van der Waals surface area contributed by atoms with E-state index in [9.17, 15) is 4.79 Å². The SMILES string of the molecule is Cc1nc(C)n(-c2ncc(NC(=O)c3cnccn3)cn2)c1C. The largest absolute Gasteiger partial charge is 0.318 e. The topological polar surface area (TPSA) is 98.5 Å². The molecule has 0 saturated heterocycles. The van der Waals surface area contributed by atoms with Crippen molar-refractivity contribution < 1.29 is 4.79 Å². The quantitative estimate of drug-likeness (QED) is 0.789. The molecule has 0 spiro atoms. The summed E-state index contributed by atoms with van der Waals surface area (Å²) in [6.45, 7) is 5.80. The predicted molar refractivity (Wildman–Crippen MR) is 83.4 cm³/mol. The average molecular weight is 309 g/mol. The van der Waals surface area contributed by atoms with E-state index in [-0.39, 0.29) is 11.6 Å². The first-order chi connectivity index (χ1) is 11.1. The first-order valence-corrected chi connectivity index (χ1v) is 6.98. The van der Waals surface area contributed by atoms with Gasteiger partial charge in [0.15, 0.2) is 0 Å². The lowest BCUT2D eigenvalue weighted by molar-refractivity contribution is 0.102. The van der Waals surface area contributed by atoms with E-state index in [4.69, 9.17) is 0 Å². The summed E-state index contributed by atoms with van der Waals surface area (Å²) in [5.74, 6) is 0.967. The van der Waals surface area contributed by atoms with Gasteiger partial charge in [-0.2, -0.15) is 0 Å². The molecule has 0 bridgehead atoms. The highest BCUT2D eigenvalue weighted by Gasteiger charge is 2.12. The lowest BCUT2D eigenvalue weighted by atomic mass is 10.4. The van der Waals surface area contributed by atoms with Crippen LogP contribution in [0.1, 0.15) is 27.7 Å². The molecule has 23 heavy (non-hydrogen) atoms. The molecule has 1 N–H and O–H groups in total. The number of anilines is 1. The number of imidazole rings is 1. The standard InChI is InChI=1S/C15H15N7O/c1-9-10(2)22(11(3)20-9)15-18-6-12(7-19-15)21-14(23)13-8-16-4-5-17-13/h4-8H,1-3H3,(H,21,23). The number of hydrogen-bond donors (Lipinski definition) is 1. The fourth-order valence-corrected chi connectivity index (χ4v) is 2.19. The van der Waals surface area contributed by atoms with Gasteiger partial charge in [0.05, 0.1) is 30.0 Å². The van der Waals surface area contributed by atoms with E-state index in [0.717, 1.165) is 17.2 Å². The van der Waals surface area contributed by atoms with Crippen LogP contribution in [-0.4, -0.2) is 35.4 Å². The molecule has 116 valence electrons. The van der Waals surface area contributed by atoms with Crippen LogP contribution in [0.4, 0.5) is 5.69 Å². The van der Waals surface area contributed by atoms with Crippen molar-refractivity contribution in [3.05, 3.63) is 53.9 Å². The van der Waals surface area contributed by atoms with Gasteiger partial charge in [-0.3, -0.25) is 14.3 Å². The Hall–Kier alpha value is -3.16. The first-order valence-electron chi connectivity index (χ1n) is 6.98. The fourth-order valence-electron chi connectivity index (χ4n) is 2.19. The molecule has 3 heterocycles. The Morgan fingerprint density at radius 2 is 1.78 bits per heavy atom. The van der Waals surface area contributed by atoms with Crippen molar-refractivity contribution in [3.63, 3.8) is 0 Å². The average Bonchev–Trinajstić information content (AvgIpc) is 2.82. The van der Waals surface area contributed by atoms with Gasteiger partial charge in [-0.05, 0) is 20.8 Å². The zero-order chi connectivity index (χ0) is 16.4. The smallest absolute Gasteiger partial charge is 0.275 e. The second kappa shape index (κ2) is 5.91. The van der Waals surface area contributed by atoms with Crippen LogP contribution in [0.15, 0.2) is 31.0 Å². The van der Waals surface area contributed by atoms with Crippen LogP contribution in [0.25, 0.3) is 5.95 Å². The Bertz CT molecular complexity index is 840. The summed E-state index contributed by atoms with van der Waals surface area (Å²) in [4.78, 5) is 32.8. The summed E-state index contributed by atoms with van der Waals surface area (Å²) >= 11 is 0. The van der Waals surface area contributed by atoms with Gasteiger partial charge in [0.25, 0.3) is 5.91 Å². The molecule has 1 amide bonds.